The van der Waals surface area contributed by atoms with Crippen LogP contribution in [0.1, 0.15) is 40.2 Å². The molecule has 0 atom stereocenters. The fourth-order valence-electron chi connectivity index (χ4n) is 2.54. The lowest BCUT2D eigenvalue weighted by Gasteiger charge is -2.38. The Kier molecular flexibility index (Phi) is 3.28. The fraction of sp³-hybridized carbons (Fsp3) is 0.429. The SMILES string of the molecule is Cc1sc2ncc(C(=O)NC3(C(=O)O)CCC3)c(=O)n2c1C. The van der Waals surface area contributed by atoms with Gasteiger partial charge in [0.2, 0.25) is 0 Å². The van der Waals surface area contributed by atoms with Crippen molar-refractivity contribution in [2.24, 2.45) is 0 Å². The quantitative estimate of drug-likeness (QED) is 0.882. The first-order chi connectivity index (χ1) is 10.4. The molecule has 0 saturated heterocycles. The average molecular weight is 321 g/mol. The first kappa shape index (κ1) is 14.7. The van der Waals surface area contributed by atoms with Crippen LogP contribution in [0.15, 0.2) is 11.0 Å². The molecular weight excluding hydrogens is 306 g/mol. The van der Waals surface area contributed by atoms with Crippen molar-refractivity contribution in [1.29, 1.82) is 0 Å². The second-order valence-electron chi connectivity index (χ2n) is 5.53. The third kappa shape index (κ3) is 2.02. The Morgan fingerprint density at radius 3 is 2.64 bits per heavy atom. The molecule has 22 heavy (non-hydrogen) atoms. The van der Waals surface area contributed by atoms with Gasteiger partial charge in [0.05, 0.1) is 0 Å². The first-order valence-electron chi connectivity index (χ1n) is 6.89. The van der Waals surface area contributed by atoms with Crippen molar-refractivity contribution in [2.45, 2.75) is 38.6 Å². The number of aryl methyl sites for hydroxylation is 2. The van der Waals surface area contributed by atoms with E-state index in [9.17, 15) is 19.5 Å². The minimum atomic E-state index is -1.25. The van der Waals surface area contributed by atoms with E-state index in [-0.39, 0.29) is 5.56 Å². The standard InChI is InChI=1S/C14H15N3O4S/c1-7-8(2)22-13-15-6-9(11(19)17(7)13)10(18)16-14(12(20)21)4-3-5-14/h6H,3-5H2,1-2H3,(H,16,18)(H,20,21). The van der Waals surface area contributed by atoms with Crippen LogP contribution >= 0.6 is 11.3 Å². The molecule has 1 fully saturated rings. The predicted octanol–water partition coefficient (Wildman–Crippen LogP) is 1.11. The third-order valence-corrected chi connectivity index (χ3v) is 5.30. The van der Waals surface area contributed by atoms with Gasteiger partial charge < -0.3 is 10.4 Å². The number of carboxylic acid groups (broad SMARTS) is 1. The molecule has 0 spiro atoms. The Balaban J connectivity index is 2.02. The summed E-state index contributed by atoms with van der Waals surface area (Å²) in [5, 5.41) is 11.7. The molecule has 7 nitrogen and oxygen atoms in total. The average Bonchev–Trinajstić information content (AvgIpc) is 2.70. The summed E-state index contributed by atoms with van der Waals surface area (Å²) < 4.78 is 1.39. The molecule has 0 bridgehead atoms. The van der Waals surface area contributed by atoms with Crippen LogP contribution in [0, 0.1) is 13.8 Å². The molecule has 0 aliphatic heterocycles. The van der Waals surface area contributed by atoms with Gasteiger partial charge in [-0.3, -0.25) is 14.0 Å². The summed E-state index contributed by atoms with van der Waals surface area (Å²) in [6.45, 7) is 3.66. The highest BCUT2D eigenvalue weighted by Crippen LogP contribution is 2.32. The number of carbonyl (C=O) groups is 2. The number of amides is 1. The Hall–Kier alpha value is -2.22. The number of rotatable bonds is 3. The molecule has 1 saturated carbocycles. The van der Waals surface area contributed by atoms with E-state index in [0.717, 1.165) is 17.0 Å². The van der Waals surface area contributed by atoms with Gasteiger partial charge in [-0.2, -0.15) is 0 Å². The van der Waals surface area contributed by atoms with Crippen molar-refractivity contribution in [3.8, 4) is 0 Å². The number of thiazole rings is 1. The molecule has 116 valence electrons. The van der Waals surface area contributed by atoms with Crippen molar-refractivity contribution < 1.29 is 14.7 Å². The molecule has 0 aromatic carbocycles. The molecule has 2 aromatic rings. The molecule has 8 heteroatoms. The number of aliphatic carboxylic acids is 1. The molecule has 1 aliphatic rings. The Morgan fingerprint density at radius 2 is 2.09 bits per heavy atom. The number of carbonyl (C=O) groups excluding carboxylic acids is 1. The third-order valence-electron chi connectivity index (χ3n) is 4.23. The van der Waals surface area contributed by atoms with Gasteiger partial charge in [-0.25, -0.2) is 9.78 Å². The van der Waals surface area contributed by atoms with Gasteiger partial charge in [-0.1, -0.05) is 0 Å². The van der Waals surface area contributed by atoms with Crippen molar-refractivity contribution in [1.82, 2.24) is 14.7 Å². The lowest BCUT2D eigenvalue weighted by Crippen LogP contribution is -2.59. The minimum Gasteiger partial charge on any atom is -0.480 e. The summed E-state index contributed by atoms with van der Waals surface area (Å²) >= 11 is 1.37. The molecule has 3 rings (SSSR count). The van der Waals surface area contributed by atoms with Gasteiger partial charge in [0, 0.05) is 16.8 Å². The van der Waals surface area contributed by atoms with E-state index in [1.54, 1.807) is 6.92 Å². The zero-order valence-electron chi connectivity index (χ0n) is 12.2. The topological polar surface area (TPSA) is 101 Å². The summed E-state index contributed by atoms with van der Waals surface area (Å²) in [4.78, 5) is 41.7. The van der Waals surface area contributed by atoms with E-state index < -0.39 is 23.0 Å². The maximum absolute atomic E-state index is 12.5. The van der Waals surface area contributed by atoms with Crippen LogP contribution in [-0.2, 0) is 4.79 Å². The number of hydrogen-bond acceptors (Lipinski definition) is 5. The van der Waals surface area contributed by atoms with Crippen LogP contribution in [0.3, 0.4) is 0 Å². The molecule has 0 radical (unpaired) electrons. The van der Waals surface area contributed by atoms with Crippen LogP contribution in [0.4, 0.5) is 0 Å². The monoisotopic (exact) mass is 321 g/mol. The highest BCUT2D eigenvalue weighted by molar-refractivity contribution is 7.17. The number of carboxylic acids is 1. The summed E-state index contributed by atoms with van der Waals surface area (Å²) in [5.74, 6) is -1.75. The molecule has 1 amide bonds. The highest BCUT2D eigenvalue weighted by Gasteiger charge is 2.46. The van der Waals surface area contributed by atoms with E-state index >= 15 is 0 Å². The summed E-state index contributed by atoms with van der Waals surface area (Å²) in [6.07, 6.45) is 2.71. The van der Waals surface area contributed by atoms with E-state index in [0.29, 0.717) is 17.8 Å². The van der Waals surface area contributed by atoms with Crippen LogP contribution in [0.5, 0.6) is 0 Å². The summed E-state index contributed by atoms with van der Waals surface area (Å²) in [7, 11) is 0. The fourth-order valence-corrected chi connectivity index (χ4v) is 3.47. The largest absolute Gasteiger partial charge is 0.480 e. The van der Waals surface area contributed by atoms with E-state index in [1.807, 2.05) is 6.92 Å². The maximum atomic E-state index is 12.5. The number of hydrogen-bond donors (Lipinski definition) is 2. The Labute approximate surface area is 129 Å². The number of nitrogens with one attached hydrogen (secondary N) is 1. The van der Waals surface area contributed by atoms with Gasteiger partial charge in [-0.15, -0.1) is 11.3 Å². The molecule has 2 heterocycles. The summed E-state index contributed by atoms with van der Waals surface area (Å²) in [6, 6.07) is 0. The number of fused-ring (bicyclic) bond motifs is 1. The zero-order chi connectivity index (χ0) is 16.1. The van der Waals surface area contributed by atoms with Crippen molar-refractivity contribution >= 4 is 28.2 Å². The molecule has 2 aromatic heterocycles. The highest BCUT2D eigenvalue weighted by atomic mass is 32.1. The van der Waals surface area contributed by atoms with Crippen LogP contribution in [0.2, 0.25) is 0 Å². The predicted molar refractivity (Wildman–Crippen MR) is 80.5 cm³/mol. The van der Waals surface area contributed by atoms with Gasteiger partial charge in [0.15, 0.2) is 4.96 Å². The van der Waals surface area contributed by atoms with Crippen molar-refractivity contribution in [3.05, 3.63) is 32.7 Å². The molecule has 1 aliphatic carbocycles. The molecule has 0 unspecified atom stereocenters. The van der Waals surface area contributed by atoms with Gasteiger partial charge in [0.25, 0.3) is 11.5 Å². The minimum absolute atomic E-state index is 0.133. The maximum Gasteiger partial charge on any atom is 0.329 e. The Bertz CT molecular complexity index is 848. The second-order valence-corrected chi connectivity index (χ2v) is 6.72. The van der Waals surface area contributed by atoms with Crippen LogP contribution in [0.25, 0.3) is 4.96 Å². The van der Waals surface area contributed by atoms with E-state index in [4.69, 9.17) is 0 Å². The normalized spacial score (nSPS) is 16.3. The first-order valence-corrected chi connectivity index (χ1v) is 7.71. The lowest BCUT2D eigenvalue weighted by atomic mass is 9.76. The molecule has 2 N–H and O–H groups in total. The number of aromatic nitrogens is 2. The van der Waals surface area contributed by atoms with E-state index in [2.05, 4.69) is 10.3 Å². The van der Waals surface area contributed by atoms with Crippen molar-refractivity contribution in [3.63, 3.8) is 0 Å². The smallest absolute Gasteiger partial charge is 0.329 e. The Morgan fingerprint density at radius 1 is 1.41 bits per heavy atom. The van der Waals surface area contributed by atoms with Crippen LogP contribution in [-0.4, -0.2) is 31.9 Å². The number of nitrogens with zero attached hydrogens (tertiary/aromatic N) is 2. The molecular formula is C14H15N3O4S. The summed E-state index contributed by atoms with van der Waals surface area (Å²) in [5.41, 5.74) is -1.11. The zero-order valence-corrected chi connectivity index (χ0v) is 13.0. The van der Waals surface area contributed by atoms with Gasteiger partial charge in [-0.05, 0) is 33.1 Å². The second kappa shape index (κ2) is 4.91. The lowest BCUT2D eigenvalue weighted by molar-refractivity contribution is -0.148. The van der Waals surface area contributed by atoms with Crippen molar-refractivity contribution in [2.75, 3.05) is 0 Å². The van der Waals surface area contributed by atoms with Crippen LogP contribution < -0.4 is 10.9 Å². The van der Waals surface area contributed by atoms with Gasteiger partial charge >= 0.3 is 5.97 Å². The van der Waals surface area contributed by atoms with Gasteiger partial charge in [0.1, 0.15) is 11.1 Å². The van der Waals surface area contributed by atoms with E-state index in [1.165, 1.54) is 21.9 Å².